The van der Waals surface area contributed by atoms with Crippen LogP contribution in [0.2, 0.25) is 0 Å². The molecule has 0 saturated carbocycles. The monoisotopic (exact) mass is 323 g/mol. The Kier molecular flexibility index (Phi) is 4.20. The highest BCUT2D eigenvalue weighted by Gasteiger charge is 2.10. The van der Waals surface area contributed by atoms with Crippen molar-refractivity contribution in [2.24, 2.45) is 7.05 Å². The van der Waals surface area contributed by atoms with Crippen LogP contribution in [-0.4, -0.2) is 25.5 Å². The van der Waals surface area contributed by atoms with Gasteiger partial charge in [-0.3, -0.25) is 14.2 Å². The lowest BCUT2D eigenvalue weighted by Gasteiger charge is -2.07. The molecule has 24 heavy (non-hydrogen) atoms. The van der Waals surface area contributed by atoms with Gasteiger partial charge in [-0.15, -0.1) is 0 Å². The molecule has 1 N–H and O–H groups in total. The second kappa shape index (κ2) is 6.31. The molecule has 3 aromatic rings. The Balaban J connectivity index is 1.70. The van der Waals surface area contributed by atoms with Crippen molar-refractivity contribution in [3.8, 4) is 0 Å². The first-order valence-corrected chi connectivity index (χ1v) is 7.84. The van der Waals surface area contributed by atoms with Crippen molar-refractivity contribution in [2.45, 2.75) is 27.3 Å². The van der Waals surface area contributed by atoms with Crippen molar-refractivity contribution in [1.82, 2.24) is 19.6 Å². The number of rotatable bonds is 4. The van der Waals surface area contributed by atoms with Crippen LogP contribution in [-0.2, 0) is 13.6 Å². The van der Waals surface area contributed by atoms with Gasteiger partial charge in [0.15, 0.2) is 0 Å². The standard InChI is InChI=1S/C18H21N5O/c1-12-9-13(2)23(20-12)10-15-5-7-16(8-6-15)18(24)19-17-11-22(4)21-14(17)3/h5-9,11H,10H2,1-4H3,(H,19,24). The molecule has 124 valence electrons. The van der Waals surface area contributed by atoms with E-state index in [0.29, 0.717) is 12.1 Å². The maximum atomic E-state index is 12.3. The van der Waals surface area contributed by atoms with Crippen LogP contribution in [0.4, 0.5) is 5.69 Å². The van der Waals surface area contributed by atoms with Crippen molar-refractivity contribution in [3.63, 3.8) is 0 Å². The molecule has 0 aliphatic rings. The molecule has 2 aromatic heterocycles. The normalized spacial score (nSPS) is 10.8. The Hall–Kier alpha value is -2.89. The van der Waals surface area contributed by atoms with E-state index in [9.17, 15) is 4.79 Å². The van der Waals surface area contributed by atoms with Crippen LogP contribution in [0, 0.1) is 20.8 Å². The minimum Gasteiger partial charge on any atom is -0.319 e. The Morgan fingerprint density at radius 1 is 1.12 bits per heavy atom. The topological polar surface area (TPSA) is 64.7 Å². The summed E-state index contributed by atoms with van der Waals surface area (Å²) in [5.74, 6) is -0.135. The summed E-state index contributed by atoms with van der Waals surface area (Å²) in [5, 5.41) is 11.6. The number of benzene rings is 1. The summed E-state index contributed by atoms with van der Waals surface area (Å²) >= 11 is 0. The lowest BCUT2D eigenvalue weighted by atomic mass is 10.1. The SMILES string of the molecule is Cc1cc(C)n(Cc2ccc(C(=O)Nc3cn(C)nc3C)cc2)n1. The number of nitrogens with one attached hydrogen (secondary N) is 1. The first-order valence-electron chi connectivity index (χ1n) is 7.84. The molecule has 0 unspecified atom stereocenters. The minimum absolute atomic E-state index is 0.135. The highest BCUT2D eigenvalue weighted by Crippen LogP contribution is 2.14. The maximum absolute atomic E-state index is 12.3. The molecule has 1 aromatic carbocycles. The molecule has 0 bridgehead atoms. The molecule has 3 rings (SSSR count). The fraction of sp³-hybridized carbons (Fsp3) is 0.278. The smallest absolute Gasteiger partial charge is 0.255 e. The first-order chi connectivity index (χ1) is 11.4. The molecule has 0 aliphatic heterocycles. The van der Waals surface area contributed by atoms with Gasteiger partial charge in [0.25, 0.3) is 5.91 Å². The summed E-state index contributed by atoms with van der Waals surface area (Å²) in [6, 6.07) is 9.64. The van der Waals surface area contributed by atoms with Crippen molar-refractivity contribution in [1.29, 1.82) is 0 Å². The molecule has 0 saturated heterocycles. The second-order valence-electron chi connectivity index (χ2n) is 6.04. The van der Waals surface area contributed by atoms with E-state index in [-0.39, 0.29) is 5.91 Å². The average molecular weight is 323 g/mol. The third kappa shape index (κ3) is 3.37. The second-order valence-corrected chi connectivity index (χ2v) is 6.04. The largest absolute Gasteiger partial charge is 0.319 e. The Morgan fingerprint density at radius 3 is 2.38 bits per heavy atom. The Morgan fingerprint density at radius 2 is 1.83 bits per heavy atom. The van der Waals surface area contributed by atoms with Crippen molar-refractivity contribution in [3.05, 3.63) is 64.7 Å². The number of nitrogens with zero attached hydrogens (tertiary/aromatic N) is 4. The van der Waals surface area contributed by atoms with E-state index in [4.69, 9.17) is 0 Å². The van der Waals surface area contributed by atoms with Crippen LogP contribution < -0.4 is 5.32 Å². The third-order valence-electron chi connectivity index (χ3n) is 3.91. The number of aromatic nitrogens is 4. The van der Waals surface area contributed by atoms with Gasteiger partial charge in [0, 0.05) is 24.5 Å². The van der Waals surface area contributed by atoms with E-state index in [1.807, 2.05) is 56.8 Å². The van der Waals surface area contributed by atoms with Gasteiger partial charge >= 0.3 is 0 Å². The Labute approximate surface area is 141 Å². The minimum atomic E-state index is -0.135. The summed E-state index contributed by atoms with van der Waals surface area (Å²) in [4.78, 5) is 12.3. The van der Waals surface area contributed by atoms with E-state index < -0.39 is 0 Å². The number of hydrogen-bond donors (Lipinski definition) is 1. The van der Waals surface area contributed by atoms with Crippen LogP contribution >= 0.6 is 0 Å². The van der Waals surface area contributed by atoms with Crippen molar-refractivity contribution < 1.29 is 4.79 Å². The molecule has 1 amide bonds. The number of aryl methyl sites for hydroxylation is 4. The molecule has 0 spiro atoms. The van der Waals surface area contributed by atoms with Crippen LogP contribution in [0.3, 0.4) is 0 Å². The number of amides is 1. The van der Waals surface area contributed by atoms with Crippen molar-refractivity contribution >= 4 is 11.6 Å². The molecular weight excluding hydrogens is 302 g/mol. The molecule has 0 radical (unpaired) electrons. The van der Waals surface area contributed by atoms with Crippen LogP contribution in [0.5, 0.6) is 0 Å². The number of anilines is 1. The fourth-order valence-electron chi connectivity index (χ4n) is 2.69. The zero-order chi connectivity index (χ0) is 17.3. The first kappa shape index (κ1) is 16.0. The van der Waals surface area contributed by atoms with Crippen LogP contribution in [0.25, 0.3) is 0 Å². The molecule has 0 aliphatic carbocycles. The van der Waals surface area contributed by atoms with E-state index in [0.717, 1.165) is 28.3 Å². The van der Waals surface area contributed by atoms with Gasteiger partial charge in [0.1, 0.15) is 0 Å². The van der Waals surface area contributed by atoms with Gasteiger partial charge in [-0.25, -0.2) is 0 Å². The van der Waals surface area contributed by atoms with E-state index in [1.54, 1.807) is 10.9 Å². The number of carbonyl (C=O) groups excluding carboxylic acids is 1. The third-order valence-corrected chi connectivity index (χ3v) is 3.91. The molecule has 0 atom stereocenters. The molecule has 0 fully saturated rings. The van der Waals surface area contributed by atoms with E-state index in [2.05, 4.69) is 21.6 Å². The summed E-state index contributed by atoms with van der Waals surface area (Å²) in [7, 11) is 1.83. The summed E-state index contributed by atoms with van der Waals surface area (Å²) in [6.45, 7) is 6.59. The van der Waals surface area contributed by atoms with Gasteiger partial charge in [0.05, 0.1) is 23.6 Å². The highest BCUT2D eigenvalue weighted by atomic mass is 16.1. The zero-order valence-electron chi connectivity index (χ0n) is 14.4. The van der Waals surface area contributed by atoms with Gasteiger partial charge in [-0.2, -0.15) is 10.2 Å². The lowest BCUT2D eigenvalue weighted by Crippen LogP contribution is -2.12. The number of hydrogen-bond acceptors (Lipinski definition) is 3. The molecule has 2 heterocycles. The van der Waals surface area contributed by atoms with Gasteiger partial charge < -0.3 is 5.32 Å². The molecular formula is C18H21N5O. The predicted molar refractivity (Wildman–Crippen MR) is 93.1 cm³/mol. The van der Waals surface area contributed by atoms with Crippen LogP contribution in [0.1, 0.15) is 33.0 Å². The maximum Gasteiger partial charge on any atom is 0.255 e. The van der Waals surface area contributed by atoms with Crippen molar-refractivity contribution in [2.75, 3.05) is 5.32 Å². The van der Waals surface area contributed by atoms with Gasteiger partial charge in [-0.1, -0.05) is 12.1 Å². The predicted octanol–water partition coefficient (Wildman–Crippen LogP) is 2.84. The summed E-state index contributed by atoms with van der Waals surface area (Å²) < 4.78 is 3.64. The van der Waals surface area contributed by atoms with Gasteiger partial charge in [0.2, 0.25) is 0 Å². The highest BCUT2D eigenvalue weighted by molar-refractivity contribution is 6.04. The van der Waals surface area contributed by atoms with Crippen LogP contribution in [0.15, 0.2) is 36.5 Å². The molecule has 6 heteroatoms. The van der Waals surface area contributed by atoms with Gasteiger partial charge in [-0.05, 0) is 44.5 Å². The summed E-state index contributed by atoms with van der Waals surface area (Å²) in [5.41, 5.74) is 5.39. The lowest BCUT2D eigenvalue weighted by molar-refractivity contribution is 0.102. The van der Waals surface area contributed by atoms with E-state index >= 15 is 0 Å². The van der Waals surface area contributed by atoms with E-state index in [1.165, 1.54) is 0 Å². The quantitative estimate of drug-likeness (QED) is 0.803. The fourth-order valence-corrected chi connectivity index (χ4v) is 2.69. The average Bonchev–Trinajstić information content (AvgIpc) is 3.01. The summed E-state index contributed by atoms with van der Waals surface area (Å²) in [6.07, 6.45) is 1.80. The number of carbonyl (C=O) groups is 1. The Bertz CT molecular complexity index is 873. The molecule has 6 nitrogen and oxygen atoms in total. The zero-order valence-corrected chi connectivity index (χ0v) is 14.4.